The van der Waals surface area contributed by atoms with Crippen LogP contribution >= 0.6 is 23.9 Å². The van der Waals surface area contributed by atoms with Gasteiger partial charge in [-0.25, -0.2) is 4.98 Å². The maximum absolute atomic E-state index is 5.85. The minimum Gasteiger partial charge on any atom is -0.494 e. The molecule has 224 valence electrons. The molecule has 2 aliphatic carbocycles. The minimum absolute atomic E-state index is 0.401. The first-order valence-corrected chi connectivity index (χ1v) is 18.3. The van der Waals surface area contributed by atoms with Crippen LogP contribution in [0.2, 0.25) is 0 Å². The van der Waals surface area contributed by atoms with Gasteiger partial charge in [-0.2, -0.15) is 4.98 Å². The lowest BCUT2D eigenvalue weighted by Crippen LogP contribution is -2.47. The lowest BCUT2D eigenvalue weighted by atomic mass is 10.1. The van der Waals surface area contributed by atoms with E-state index in [0.29, 0.717) is 17.7 Å². The van der Waals surface area contributed by atoms with Crippen LogP contribution in [0.1, 0.15) is 42.9 Å². The molecule has 1 saturated heterocycles. The molecule has 0 bridgehead atoms. The molecule has 0 atom stereocenters. The zero-order chi connectivity index (χ0) is 29.7. The van der Waals surface area contributed by atoms with Crippen molar-refractivity contribution in [1.82, 2.24) is 19.9 Å². The number of nitrogens with zero attached hydrogens (tertiary/aromatic N) is 5. The van der Waals surface area contributed by atoms with Crippen molar-refractivity contribution in [3.8, 4) is 5.75 Å². The number of pyridine rings is 1. The summed E-state index contributed by atoms with van der Waals surface area (Å²) >= 11 is 3.67. The van der Waals surface area contributed by atoms with Crippen molar-refractivity contribution >= 4 is 68.9 Å². The van der Waals surface area contributed by atoms with E-state index in [1.165, 1.54) is 53.3 Å². The van der Waals surface area contributed by atoms with Crippen LogP contribution < -0.4 is 25.6 Å². The van der Waals surface area contributed by atoms with Gasteiger partial charge in [-0.3, -0.25) is 9.88 Å². The fraction of sp³-hybridized carbons (Fsp3) is 0.424. The molecule has 10 heteroatoms. The molecule has 7 rings (SSSR count). The molecule has 3 fully saturated rings. The molecule has 2 aromatic carbocycles. The van der Waals surface area contributed by atoms with E-state index < -0.39 is 7.92 Å². The summed E-state index contributed by atoms with van der Waals surface area (Å²) in [7, 11) is 1.32. The summed E-state index contributed by atoms with van der Waals surface area (Å²) < 4.78 is 6.65. The van der Waals surface area contributed by atoms with Gasteiger partial charge in [-0.15, -0.1) is 0 Å². The van der Waals surface area contributed by atoms with Crippen LogP contribution in [0.25, 0.3) is 10.9 Å². The summed E-state index contributed by atoms with van der Waals surface area (Å²) in [4.78, 5) is 19.6. The number of ether oxygens (including phenoxy) is 1. The molecule has 2 aromatic heterocycles. The van der Waals surface area contributed by atoms with Crippen molar-refractivity contribution in [2.24, 2.45) is 0 Å². The Balaban J connectivity index is 1.13. The molecule has 0 amide bonds. The van der Waals surface area contributed by atoms with Gasteiger partial charge in [0.25, 0.3) is 0 Å². The highest BCUT2D eigenvalue weighted by molar-refractivity contribution is 9.10. The number of aryl methyl sites for hydroxylation is 1. The average Bonchev–Trinajstić information content (AvgIpc) is 3.92. The van der Waals surface area contributed by atoms with Crippen LogP contribution in [-0.2, 0) is 0 Å². The molecule has 0 unspecified atom stereocenters. The number of piperazine rings is 1. The number of benzene rings is 2. The Labute approximate surface area is 263 Å². The van der Waals surface area contributed by atoms with Crippen LogP contribution in [0.15, 0.2) is 47.1 Å². The smallest absolute Gasteiger partial charge is 0.229 e. The maximum atomic E-state index is 5.85. The number of fused-ring (bicyclic) bond motifs is 1. The third-order valence-electron chi connectivity index (χ3n) is 8.79. The highest BCUT2D eigenvalue weighted by Crippen LogP contribution is 2.41. The number of hydrogen-bond acceptors (Lipinski definition) is 8. The van der Waals surface area contributed by atoms with E-state index in [-0.39, 0.29) is 0 Å². The van der Waals surface area contributed by atoms with Gasteiger partial charge in [0.1, 0.15) is 11.6 Å². The fourth-order valence-electron chi connectivity index (χ4n) is 6.21. The van der Waals surface area contributed by atoms with Gasteiger partial charge in [0.05, 0.1) is 22.8 Å². The highest BCUT2D eigenvalue weighted by atomic mass is 79.9. The maximum Gasteiger partial charge on any atom is 0.229 e. The van der Waals surface area contributed by atoms with E-state index in [1.54, 1.807) is 13.3 Å². The van der Waals surface area contributed by atoms with E-state index >= 15 is 0 Å². The van der Waals surface area contributed by atoms with E-state index in [9.17, 15) is 0 Å². The number of methoxy groups -OCH3 is 1. The second-order valence-corrected chi connectivity index (χ2v) is 15.3. The van der Waals surface area contributed by atoms with Crippen molar-refractivity contribution in [1.29, 1.82) is 0 Å². The number of rotatable bonds is 9. The van der Waals surface area contributed by atoms with Gasteiger partial charge >= 0.3 is 0 Å². The van der Waals surface area contributed by atoms with E-state index in [4.69, 9.17) is 14.7 Å². The van der Waals surface area contributed by atoms with E-state index in [0.717, 1.165) is 59.3 Å². The molecule has 2 N–H and O–H groups in total. The number of aromatic nitrogens is 3. The summed E-state index contributed by atoms with van der Waals surface area (Å²) in [5.41, 5.74) is 6.63. The van der Waals surface area contributed by atoms with Gasteiger partial charge in [0.15, 0.2) is 0 Å². The van der Waals surface area contributed by atoms with Crippen LogP contribution in [0.3, 0.4) is 0 Å². The topological polar surface area (TPSA) is 78.4 Å². The van der Waals surface area contributed by atoms with Crippen LogP contribution in [-0.4, -0.2) is 72.5 Å². The zero-order valence-corrected chi connectivity index (χ0v) is 27.8. The fourth-order valence-corrected chi connectivity index (χ4v) is 7.78. The van der Waals surface area contributed by atoms with Crippen molar-refractivity contribution in [2.75, 3.05) is 62.2 Å². The number of hydrogen-bond donors (Lipinski definition) is 2. The van der Waals surface area contributed by atoms with Crippen LogP contribution in [0, 0.1) is 6.92 Å². The zero-order valence-electron chi connectivity index (χ0n) is 25.3. The van der Waals surface area contributed by atoms with Crippen LogP contribution in [0.4, 0.5) is 28.8 Å². The van der Waals surface area contributed by atoms with Crippen molar-refractivity contribution in [3.05, 3.63) is 58.3 Å². The summed E-state index contributed by atoms with van der Waals surface area (Å²) in [6, 6.07) is 13.9. The Morgan fingerprint density at radius 3 is 2.42 bits per heavy atom. The van der Waals surface area contributed by atoms with Gasteiger partial charge in [0.2, 0.25) is 5.95 Å². The summed E-state index contributed by atoms with van der Waals surface area (Å²) in [6.07, 6.45) is 7.02. The molecular weight excluding hydrogens is 621 g/mol. The molecule has 8 nitrogen and oxygen atoms in total. The monoisotopic (exact) mass is 659 g/mol. The number of nitrogens with one attached hydrogen (secondary N) is 2. The summed E-state index contributed by atoms with van der Waals surface area (Å²) in [5, 5.41) is 9.54. The largest absolute Gasteiger partial charge is 0.494 e. The Hall–Kier alpha value is -3.00. The van der Waals surface area contributed by atoms with Crippen molar-refractivity contribution in [2.45, 2.75) is 44.6 Å². The summed E-state index contributed by atoms with van der Waals surface area (Å²) in [6.45, 7) is 11.1. The predicted molar refractivity (Wildman–Crippen MR) is 183 cm³/mol. The Morgan fingerprint density at radius 2 is 1.72 bits per heavy atom. The van der Waals surface area contributed by atoms with Crippen LogP contribution in [0.5, 0.6) is 5.75 Å². The highest BCUT2D eigenvalue weighted by Gasteiger charge is 2.31. The molecule has 3 heterocycles. The van der Waals surface area contributed by atoms with Gasteiger partial charge in [0, 0.05) is 78.2 Å². The predicted octanol–water partition coefficient (Wildman–Crippen LogP) is 7.12. The first-order chi connectivity index (χ1) is 20.9. The normalized spacial score (nSPS) is 17.5. The first kappa shape index (κ1) is 28.8. The number of anilines is 5. The van der Waals surface area contributed by atoms with Gasteiger partial charge < -0.3 is 20.3 Å². The standard InChI is InChI=1S/C33H39BrN7OP/c1-20-17-28(30(42-2)18-29(20)41-15-13-40(14-16-41)22-7-8-22)38-33-35-19-24(34)32(39-33)37-27-12-11-26-23(31(27)43(3)4)9-10-25(36-26)21-5-6-21/h9-12,17-19,21-22H,5-8,13-16H2,1-4H3,(H2,35,37,38,39). The Kier molecular flexibility index (Phi) is 7.91. The first-order valence-electron chi connectivity index (χ1n) is 15.2. The third kappa shape index (κ3) is 6.04. The SMILES string of the molecule is COc1cc(N2CCN(C3CC3)CC2)c(C)cc1Nc1ncc(Br)c(Nc2ccc3nc(C4CC4)ccc3c2P(C)C)n1. The second-order valence-electron chi connectivity index (χ2n) is 12.2. The molecule has 0 radical (unpaired) electrons. The molecule has 2 saturated carbocycles. The molecular formula is C33H39BrN7OP. The van der Waals surface area contributed by atoms with Crippen molar-refractivity contribution < 1.29 is 4.74 Å². The lowest BCUT2D eigenvalue weighted by Gasteiger charge is -2.37. The Morgan fingerprint density at radius 1 is 0.930 bits per heavy atom. The quantitative estimate of drug-likeness (QED) is 0.184. The molecule has 3 aliphatic rings. The molecule has 4 aromatic rings. The van der Waals surface area contributed by atoms with E-state index in [2.05, 4.69) is 98.0 Å². The Bertz CT molecular complexity index is 1670. The lowest BCUT2D eigenvalue weighted by molar-refractivity contribution is 0.248. The average molecular weight is 661 g/mol. The van der Waals surface area contributed by atoms with E-state index in [1.807, 2.05) is 0 Å². The number of halogens is 1. The molecule has 1 aliphatic heterocycles. The van der Waals surface area contributed by atoms with Gasteiger partial charge in [-0.05, 0) is 91.7 Å². The molecule has 0 spiro atoms. The van der Waals surface area contributed by atoms with Crippen molar-refractivity contribution in [3.63, 3.8) is 0 Å². The molecule has 43 heavy (non-hydrogen) atoms. The second kappa shape index (κ2) is 11.8. The third-order valence-corrected chi connectivity index (χ3v) is 10.7. The van der Waals surface area contributed by atoms with Gasteiger partial charge in [-0.1, -0.05) is 14.0 Å². The minimum atomic E-state index is -0.401. The summed E-state index contributed by atoms with van der Waals surface area (Å²) in [5.74, 6) is 2.63.